The van der Waals surface area contributed by atoms with Crippen molar-refractivity contribution in [3.63, 3.8) is 0 Å². The molecule has 50 valence electrons. The second-order valence-electron chi connectivity index (χ2n) is 0.322. The van der Waals surface area contributed by atoms with Gasteiger partial charge in [-0.3, -0.25) is 0 Å². The molecule has 0 spiro atoms. The van der Waals surface area contributed by atoms with Crippen LogP contribution in [0.15, 0.2) is 12.7 Å². The van der Waals surface area contributed by atoms with Crippen LogP contribution in [0.2, 0.25) is 0 Å². The molecule has 0 aliphatic carbocycles. The van der Waals surface area contributed by atoms with Gasteiger partial charge in [-0.25, -0.2) is 12.7 Å². The minimum Gasteiger partial charge on any atom is -0.419 e. The zero-order valence-electron chi connectivity index (χ0n) is 3.20. The van der Waals surface area contributed by atoms with E-state index < -0.39 is 0 Å². The molecule has 0 heterocycles. The molecule has 0 rings (SSSR count). The number of rotatable bonds is 1. The molecule has 0 aliphatic rings. The van der Waals surface area contributed by atoms with Gasteiger partial charge in [-0.15, -0.1) is 0 Å². The topological polar surface area (TPSA) is 17.1 Å². The Labute approximate surface area is 78.5 Å². The van der Waals surface area contributed by atoms with Gasteiger partial charge in [-0.1, -0.05) is 0 Å². The van der Waals surface area contributed by atoms with E-state index in [-0.39, 0.29) is 55.2 Å². The Morgan fingerprint density at radius 2 is 1.57 bits per heavy atom. The molecular weight excluding hydrogens is 363 g/mol. The molecule has 2 radical (unpaired) electrons. The first-order chi connectivity index (χ1) is 1.91. The van der Waals surface area contributed by atoms with Gasteiger partial charge in [0, 0.05) is 55.2 Å². The smallest absolute Gasteiger partial charge is 0 e. The molecule has 0 unspecified atom stereocenters. The third-order valence-corrected chi connectivity index (χ3v) is 0.0833. The normalized spacial score (nSPS) is 2.86. The van der Waals surface area contributed by atoms with Crippen LogP contribution < -0.4 is 0 Å². The zero-order valence-corrected chi connectivity index (χ0v) is 8.02. The first-order valence-electron chi connectivity index (χ1n) is 0.901. The summed E-state index contributed by atoms with van der Waals surface area (Å²) >= 11 is 0. The van der Waals surface area contributed by atoms with Crippen LogP contribution in [0.1, 0.15) is 0 Å². The van der Waals surface area contributed by atoms with Crippen LogP contribution in [0.4, 0.5) is 0 Å². The zero-order chi connectivity index (χ0) is 3.41. The molecule has 0 aliphatic heterocycles. The molecule has 0 atom stereocenters. The standard InChI is InChI=1S/C3H3O.2Cu.W/c1-2-3-4;;;/h2H,1H2;;;/q-1;;;. The van der Waals surface area contributed by atoms with Crippen LogP contribution in [0.3, 0.4) is 0 Å². The first kappa shape index (κ1) is 24.2. The van der Waals surface area contributed by atoms with Crippen LogP contribution in [-0.4, -0.2) is 6.29 Å². The maximum Gasteiger partial charge on any atom is 0 e. The van der Waals surface area contributed by atoms with Crippen molar-refractivity contribution in [1.29, 1.82) is 0 Å². The molecule has 1 nitrogen and oxygen atoms in total. The SMILES string of the molecule is C=C[C-]=O.[Cu].[Cu].[W]. The fraction of sp³-hybridized carbons (Fsp3) is 0. The molecule has 0 bridgehead atoms. The van der Waals surface area contributed by atoms with E-state index in [0.717, 1.165) is 6.08 Å². The molecule has 0 fully saturated rings. The Morgan fingerprint density at radius 3 is 1.57 bits per heavy atom. The molecule has 0 N–H and O–H groups in total. The van der Waals surface area contributed by atoms with E-state index in [2.05, 4.69) is 6.58 Å². The first-order valence-corrected chi connectivity index (χ1v) is 0.901. The van der Waals surface area contributed by atoms with E-state index in [1.807, 2.05) is 0 Å². The second kappa shape index (κ2) is 27.3. The Bertz CT molecular complexity index is 33.9. The van der Waals surface area contributed by atoms with Crippen molar-refractivity contribution in [2.75, 3.05) is 0 Å². The number of hydrogen-bond donors (Lipinski definition) is 0. The number of allylic oxidation sites excluding steroid dienone is 1. The van der Waals surface area contributed by atoms with Gasteiger partial charge in [-0.2, -0.15) is 0 Å². The van der Waals surface area contributed by atoms with Crippen LogP contribution in [0.25, 0.3) is 0 Å². The quantitative estimate of drug-likeness (QED) is 0.370. The van der Waals surface area contributed by atoms with Crippen molar-refractivity contribution in [2.45, 2.75) is 0 Å². The molecule has 0 amide bonds. The monoisotopic (exact) mass is 365 g/mol. The number of hydrogen-bond acceptors (Lipinski definition) is 1. The Hall–Kier alpha value is 1.14. The van der Waals surface area contributed by atoms with Gasteiger partial charge >= 0.3 is 0 Å². The van der Waals surface area contributed by atoms with E-state index in [9.17, 15) is 0 Å². The summed E-state index contributed by atoms with van der Waals surface area (Å²) in [4.78, 5) is 8.93. The van der Waals surface area contributed by atoms with Gasteiger partial charge in [0.05, 0.1) is 0 Å². The van der Waals surface area contributed by atoms with Gasteiger partial charge in [-0.05, 0) is 6.29 Å². The minimum atomic E-state index is 0. The second-order valence-corrected chi connectivity index (χ2v) is 0.322. The third-order valence-electron chi connectivity index (χ3n) is 0.0833. The average molecular weight is 366 g/mol. The summed E-state index contributed by atoms with van der Waals surface area (Å²) < 4.78 is 0. The van der Waals surface area contributed by atoms with Gasteiger partial charge in [0.2, 0.25) is 0 Å². The Balaban J connectivity index is -0.0000000150. The van der Waals surface area contributed by atoms with E-state index in [0.29, 0.717) is 0 Å². The molecule has 0 saturated heterocycles. The van der Waals surface area contributed by atoms with Crippen molar-refractivity contribution < 1.29 is 60.0 Å². The van der Waals surface area contributed by atoms with Crippen molar-refractivity contribution in [3.8, 4) is 0 Å². The molecule has 0 aromatic carbocycles. The summed E-state index contributed by atoms with van der Waals surface area (Å²) in [7, 11) is 0. The molecule has 4 heteroatoms. The van der Waals surface area contributed by atoms with Crippen LogP contribution in [-0.2, 0) is 60.0 Å². The maximum absolute atomic E-state index is 8.93. The van der Waals surface area contributed by atoms with Gasteiger partial charge in [0.25, 0.3) is 0 Å². The molecular formula is C3H3Cu2OW-. The van der Waals surface area contributed by atoms with Crippen molar-refractivity contribution in [1.82, 2.24) is 0 Å². The van der Waals surface area contributed by atoms with E-state index in [4.69, 9.17) is 4.79 Å². The summed E-state index contributed by atoms with van der Waals surface area (Å²) in [6.45, 7) is 3.06. The fourth-order valence-corrected chi connectivity index (χ4v) is 0. The summed E-state index contributed by atoms with van der Waals surface area (Å²) in [5.74, 6) is 0. The maximum atomic E-state index is 8.93. The van der Waals surface area contributed by atoms with E-state index >= 15 is 0 Å². The number of carbonyl (C=O) groups excluding carboxylic acids is 1. The summed E-state index contributed by atoms with van der Waals surface area (Å²) in [6.07, 6.45) is 2.51. The largest absolute Gasteiger partial charge is 0.419 e. The summed E-state index contributed by atoms with van der Waals surface area (Å²) in [6, 6.07) is 0. The predicted molar refractivity (Wildman–Crippen MR) is 15.9 cm³/mol. The van der Waals surface area contributed by atoms with Crippen molar-refractivity contribution in [3.05, 3.63) is 12.7 Å². The van der Waals surface area contributed by atoms with Crippen LogP contribution >= 0.6 is 0 Å². The van der Waals surface area contributed by atoms with E-state index in [1.165, 1.54) is 6.29 Å². The Kier molecular flexibility index (Phi) is 94.5. The van der Waals surface area contributed by atoms with Crippen molar-refractivity contribution >= 4 is 6.29 Å². The van der Waals surface area contributed by atoms with Crippen LogP contribution in [0.5, 0.6) is 0 Å². The molecule has 7 heavy (non-hydrogen) atoms. The Morgan fingerprint density at radius 1 is 1.43 bits per heavy atom. The van der Waals surface area contributed by atoms with Gasteiger partial charge in [0.15, 0.2) is 0 Å². The molecule has 0 aromatic rings. The van der Waals surface area contributed by atoms with E-state index in [1.54, 1.807) is 0 Å². The summed E-state index contributed by atoms with van der Waals surface area (Å²) in [5.41, 5.74) is 0. The minimum absolute atomic E-state index is 0. The van der Waals surface area contributed by atoms with Crippen LogP contribution in [0, 0.1) is 0 Å². The molecule has 0 saturated carbocycles. The van der Waals surface area contributed by atoms with Gasteiger partial charge in [0.1, 0.15) is 0 Å². The third kappa shape index (κ3) is 41.2. The van der Waals surface area contributed by atoms with Crippen molar-refractivity contribution in [2.24, 2.45) is 0 Å². The predicted octanol–water partition coefficient (Wildman–Crippen LogP) is 0.275. The summed E-state index contributed by atoms with van der Waals surface area (Å²) in [5, 5.41) is 0. The average Bonchev–Trinajstić information content (AvgIpc) is 1.37. The fourth-order valence-electron chi connectivity index (χ4n) is 0. The molecule has 0 aromatic heterocycles. The van der Waals surface area contributed by atoms with Gasteiger partial charge < -0.3 is 4.79 Å².